The van der Waals surface area contributed by atoms with Gasteiger partial charge in [0.15, 0.2) is 0 Å². The summed E-state index contributed by atoms with van der Waals surface area (Å²) in [5.74, 6) is -0.561. The summed E-state index contributed by atoms with van der Waals surface area (Å²) in [6.07, 6.45) is 5.93. The molecular formula is C16H21N3O3. The largest absolute Gasteiger partial charge is 0.474 e. The van der Waals surface area contributed by atoms with Gasteiger partial charge >= 0.3 is 11.8 Å². The zero-order chi connectivity index (χ0) is 15.7. The van der Waals surface area contributed by atoms with Crippen molar-refractivity contribution < 1.29 is 14.3 Å². The normalized spacial score (nSPS) is 24.9. The number of hydrogen-bond donors (Lipinski definition) is 1. The highest BCUT2D eigenvalue weighted by atomic mass is 16.5. The van der Waals surface area contributed by atoms with Crippen LogP contribution in [0.3, 0.4) is 0 Å². The standard InChI is InChI=1S/C16H21N3O3/c1-10-2-5-13(19(9-10)16(21)15(17)20)11-6-7-18-14(8-11)22-12-3-4-12/h6-8,10,12-13H,2-5,9H2,1H3,(H2,17,20)/t10-,13+/m0/s1. The molecule has 118 valence electrons. The van der Waals surface area contributed by atoms with E-state index in [1.54, 1.807) is 11.1 Å². The third kappa shape index (κ3) is 3.21. The van der Waals surface area contributed by atoms with E-state index in [1.165, 1.54) is 0 Å². The van der Waals surface area contributed by atoms with E-state index in [2.05, 4.69) is 11.9 Å². The number of ether oxygens (including phenoxy) is 1. The molecule has 1 aromatic heterocycles. The predicted molar refractivity (Wildman–Crippen MR) is 79.9 cm³/mol. The minimum Gasteiger partial charge on any atom is -0.474 e. The number of pyridine rings is 1. The summed E-state index contributed by atoms with van der Waals surface area (Å²) in [6, 6.07) is 3.61. The van der Waals surface area contributed by atoms with Gasteiger partial charge in [-0.3, -0.25) is 9.59 Å². The van der Waals surface area contributed by atoms with Crippen molar-refractivity contribution in [2.24, 2.45) is 11.7 Å². The number of nitrogens with two attached hydrogens (primary N) is 1. The van der Waals surface area contributed by atoms with Crippen molar-refractivity contribution in [2.45, 2.75) is 44.8 Å². The highest BCUT2D eigenvalue weighted by Crippen LogP contribution is 2.35. The number of nitrogens with zero attached hydrogens (tertiary/aromatic N) is 2. The number of amides is 2. The molecule has 2 fully saturated rings. The smallest absolute Gasteiger partial charge is 0.312 e. The second-order valence-corrected chi connectivity index (χ2v) is 6.26. The summed E-state index contributed by atoms with van der Waals surface area (Å²) in [7, 11) is 0. The molecule has 2 aliphatic rings. The average Bonchev–Trinajstić information content (AvgIpc) is 3.30. The first-order valence-electron chi connectivity index (χ1n) is 7.77. The quantitative estimate of drug-likeness (QED) is 0.855. The van der Waals surface area contributed by atoms with Crippen LogP contribution < -0.4 is 10.5 Å². The molecule has 2 heterocycles. The molecule has 0 radical (unpaired) electrons. The molecule has 0 aromatic carbocycles. The summed E-state index contributed by atoms with van der Waals surface area (Å²) >= 11 is 0. The lowest BCUT2D eigenvalue weighted by Gasteiger charge is -2.38. The van der Waals surface area contributed by atoms with Gasteiger partial charge in [-0.25, -0.2) is 4.98 Å². The Morgan fingerprint density at radius 1 is 1.32 bits per heavy atom. The number of likely N-dealkylation sites (tertiary alicyclic amines) is 1. The van der Waals surface area contributed by atoms with Crippen LogP contribution in [-0.4, -0.2) is 34.3 Å². The number of hydrogen-bond acceptors (Lipinski definition) is 4. The fourth-order valence-electron chi connectivity index (χ4n) is 2.92. The first-order valence-corrected chi connectivity index (χ1v) is 7.77. The highest BCUT2D eigenvalue weighted by Gasteiger charge is 2.33. The van der Waals surface area contributed by atoms with Crippen LogP contribution in [0.1, 0.15) is 44.2 Å². The van der Waals surface area contributed by atoms with Gasteiger partial charge in [0.1, 0.15) is 6.10 Å². The van der Waals surface area contributed by atoms with Gasteiger partial charge in [-0.05, 0) is 43.2 Å². The van der Waals surface area contributed by atoms with Gasteiger partial charge in [-0.1, -0.05) is 6.92 Å². The molecule has 0 spiro atoms. The maximum atomic E-state index is 12.1. The van der Waals surface area contributed by atoms with E-state index in [1.807, 2.05) is 12.1 Å². The van der Waals surface area contributed by atoms with Crippen LogP contribution in [0.4, 0.5) is 0 Å². The van der Waals surface area contributed by atoms with E-state index in [0.29, 0.717) is 18.3 Å². The molecule has 6 heteroatoms. The zero-order valence-corrected chi connectivity index (χ0v) is 12.7. The van der Waals surface area contributed by atoms with Crippen molar-refractivity contribution in [3.8, 4) is 5.88 Å². The number of primary amides is 1. The number of carbonyl (C=O) groups excluding carboxylic acids is 2. The minimum atomic E-state index is -0.900. The van der Waals surface area contributed by atoms with Crippen molar-refractivity contribution in [1.29, 1.82) is 0 Å². The molecule has 1 saturated carbocycles. The minimum absolute atomic E-state index is 0.138. The van der Waals surface area contributed by atoms with Crippen LogP contribution in [0.15, 0.2) is 18.3 Å². The van der Waals surface area contributed by atoms with Gasteiger partial charge in [-0.2, -0.15) is 0 Å². The molecule has 1 aliphatic carbocycles. The molecule has 2 atom stereocenters. The lowest BCUT2D eigenvalue weighted by molar-refractivity contribution is -0.147. The monoisotopic (exact) mass is 303 g/mol. The molecule has 22 heavy (non-hydrogen) atoms. The molecule has 6 nitrogen and oxygen atoms in total. The molecule has 0 bridgehead atoms. The Bertz CT molecular complexity index is 586. The fourth-order valence-corrected chi connectivity index (χ4v) is 2.92. The molecular weight excluding hydrogens is 282 g/mol. The van der Waals surface area contributed by atoms with E-state index < -0.39 is 11.8 Å². The molecule has 1 saturated heterocycles. The van der Waals surface area contributed by atoms with Crippen molar-refractivity contribution >= 4 is 11.8 Å². The van der Waals surface area contributed by atoms with Crippen LogP contribution in [0.25, 0.3) is 0 Å². The Labute approximate surface area is 129 Å². The first kappa shape index (κ1) is 14.8. The fraction of sp³-hybridized carbons (Fsp3) is 0.562. The second kappa shape index (κ2) is 5.94. The number of piperidine rings is 1. The zero-order valence-electron chi connectivity index (χ0n) is 12.7. The Kier molecular flexibility index (Phi) is 4.00. The van der Waals surface area contributed by atoms with Crippen molar-refractivity contribution in [3.05, 3.63) is 23.9 Å². The van der Waals surface area contributed by atoms with Crippen molar-refractivity contribution in [2.75, 3.05) is 6.54 Å². The van der Waals surface area contributed by atoms with Gasteiger partial charge in [0, 0.05) is 18.8 Å². The molecule has 0 unspecified atom stereocenters. The average molecular weight is 303 g/mol. The van der Waals surface area contributed by atoms with Gasteiger partial charge in [0.2, 0.25) is 5.88 Å². The van der Waals surface area contributed by atoms with E-state index in [-0.39, 0.29) is 12.1 Å². The van der Waals surface area contributed by atoms with Gasteiger partial charge in [0.05, 0.1) is 6.04 Å². The number of carbonyl (C=O) groups is 2. The topological polar surface area (TPSA) is 85.5 Å². The van der Waals surface area contributed by atoms with Crippen molar-refractivity contribution in [3.63, 3.8) is 0 Å². The summed E-state index contributed by atoms with van der Waals surface area (Å²) in [6.45, 7) is 2.62. The SMILES string of the molecule is C[C@H]1CC[C@H](c2ccnc(OC3CC3)c2)N(C(=O)C(N)=O)C1. The van der Waals surface area contributed by atoms with Crippen LogP contribution in [-0.2, 0) is 9.59 Å². The van der Waals surface area contributed by atoms with Crippen molar-refractivity contribution in [1.82, 2.24) is 9.88 Å². The first-order chi connectivity index (χ1) is 10.5. The lowest BCUT2D eigenvalue weighted by atomic mass is 9.90. The second-order valence-electron chi connectivity index (χ2n) is 6.26. The summed E-state index contributed by atoms with van der Waals surface area (Å²) in [5, 5.41) is 0. The van der Waals surface area contributed by atoms with Crippen LogP contribution in [0, 0.1) is 5.92 Å². The van der Waals surface area contributed by atoms with E-state index in [9.17, 15) is 9.59 Å². The number of aromatic nitrogens is 1. The number of rotatable bonds is 3. The van der Waals surface area contributed by atoms with Crippen LogP contribution in [0.5, 0.6) is 5.88 Å². The lowest BCUT2D eigenvalue weighted by Crippen LogP contribution is -2.46. The van der Waals surface area contributed by atoms with Gasteiger partial charge < -0.3 is 15.4 Å². The van der Waals surface area contributed by atoms with Gasteiger partial charge in [-0.15, -0.1) is 0 Å². The molecule has 1 aromatic rings. The maximum absolute atomic E-state index is 12.1. The molecule has 2 N–H and O–H groups in total. The summed E-state index contributed by atoms with van der Waals surface area (Å²) in [4.78, 5) is 29.2. The van der Waals surface area contributed by atoms with E-state index in [4.69, 9.17) is 10.5 Å². The Balaban J connectivity index is 1.83. The predicted octanol–water partition coefficient (Wildman–Crippen LogP) is 1.41. The molecule has 2 amide bonds. The summed E-state index contributed by atoms with van der Waals surface area (Å²) < 4.78 is 5.71. The molecule has 3 rings (SSSR count). The van der Waals surface area contributed by atoms with E-state index >= 15 is 0 Å². The third-order valence-electron chi connectivity index (χ3n) is 4.24. The van der Waals surface area contributed by atoms with Gasteiger partial charge in [0.25, 0.3) is 0 Å². The van der Waals surface area contributed by atoms with Crippen LogP contribution in [0.2, 0.25) is 0 Å². The third-order valence-corrected chi connectivity index (χ3v) is 4.24. The Morgan fingerprint density at radius 2 is 2.09 bits per heavy atom. The maximum Gasteiger partial charge on any atom is 0.312 e. The summed E-state index contributed by atoms with van der Waals surface area (Å²) in [5.41, 5.74) is 6.14. The van der Waals surface area contributed by atoms with Crippen LogP contribution >= 0.6 is 0 Å². The van der Waals surface area contributed by atoms with E-state index in [0.717, 1.165) is 31.2 Å². The Morgan fingerprint density at radius 3 is 2.77 bits per heavy atom. The highest BCUT2D eigenvalue weighted by molar-refractivity contribution is 6.34. The Hall–Kier alpha value is -2.11. The molecule has 1 aliphatic heterocycles.